The van der Waals surface area contributed by atoms with Crippen LogP contribution in [0.3, 0.4) is 0 Å². The SMILES string of the molecule is CC(C)C1CCN1. The van der Waals surface area contributed by atoms with Crippen LogP contribution < -0.4 is 5.32 Å². The van der Waals surface area contributed by atoms with Crippen LogP contribution >= 0.6 is 0 Å². The van der Waals surface area contributed by atoms with E-state index in [0.717, 1.165) is 12.0 Å². The van der Waals surface area contributed by atoms with Crippen molar-refractivity contribution in [3.8, 4) is 0 Å². The zero-order valence-corrected chi connectivity index (χ0v) is 5.07. The van der Waals surface area contributed by atoms with Crippen molar-refractivity contribution >= 4 is 0 Å². The van der Waals surface area contributed by atoms with Gasteiger partial charge in [-0.05, 0) is 18.9 Å². The summed E-state index contributed by atoms with van der Waals surface area (Å²) in [5, 5.41) is 3.34. The van der Waals surface area contributed by atoms with Crippen LogP contribution in [0.2, 0.25) is 0 Å². The van der Waals surface area contributed by atoms with Gasteiger partial charge in [-0.25, -0.2) is 0 Å². The maximum absolute atomic E-state index is 3.34. The molecule has 0 spiro atoms. The zero-order chi connectivity index (χ0) is 5.28. The maximum atomic E-state index is 3.34. The Morgan fingerprint density at radius 2 is 2.14 bits per heavy atom. The van der Waals surface area contributed by atoms with E-state index in [1.54, 1.807) is 0 Å². The Bertz CT molecular complexity index is 55.2. The summed E-state index contributed by atoms with van der Waals surface area (Å²) >= 11 is 0. The molecule has 1 heteroatoms. The molecule has 0 aliphatic carbocycles. The Morgan fingerprint density at radius 1 is 1.57 bits per heavy atom. The highest BCUT2D eigenvalue weighted by Crippen LogP contribution is 2.11. The van der Waals surface area contributed by atoms with Gasteiger partial charge in [0.25, 0.3) is 0 Å². The predicted molar refractivity (Wildman–Crippen MR) is 31.2 cm³/mol. The summed E-state index contributed by atoms with van der Waals surface area (Å²) in [5.74, 6) is 0.841. The highest BCUT2D eigenvalue weighted by atomic mass is 15.0. The van der Waals surface area contributed by atoms with Crippen LogP contribution in [-0.2, 0) is 0 Å². The molecule has 1 saturated heterocycles. The Morgan fingerprint density at radius 3 is 2.14 bits per heavy atom. The van der Waals surface area contributed by atoms with Gasteiger partial charge < -0.3 is 5.32 Å². The lowest BCUT2D eigenvalue weighted by Crippen LogP contribution is -2.46. The smallest absolute Gasteiger partial charge is 0.0102 e. The summed E-state index contributed by atoms with van der Waals surface area (Å²) in [6.45, 7) is 5.76. The fourth-order valence-corrected chi connectivity index (χ4v) is 0.880. The summed E-state index contributed by atoms with van der Waals surface area (Å²) in [5.41, 5.74) is 0. The van der Waals surface area contributed by atoms with E-state index < -0.39 is 0 Å². The van der Waals surface area contributed by atoms with Gasteiger partial charge >= 0.3 is 0 Å². The Hall–Kier alpha value is -0.0400. The van der Waals surface area contributed by atoms with E-state index in [9.17, 15) is 0 Å². The van der Waals surface area contributed by atoms with E-state index in [2.05, 4.69) is 19.2 Å². The van der Waals surface area contributed by atoms with Gasteiger partial charge in [-0.15, -0.1) is 0 Å². The fraction of sp³-hybridized carbons (Fsp3) is 1.00. The minimum absolute atomic E-state index is 0.833. The Balaban J connectivity index is 2.14. The third kappa shape index (κ3) is 0.942. The number of nitrogens with one attached hydrogen (secondary N) is 1. The average molecular weight is 99.2 g/mol. The van der Waals surface area contributed by atoms with Gasteiger partial charge in [0.2, 0.25) is 0 Å². The normalized spacial score (nSPS) is 30.4. The first-order valence-corrected chi connectivity index (χ1v) is 3.04. The topological polar surface area (TPSA) is 12.0 Å². The minimum atomic E-state index is 0.833. The van der Waals surface area contributed by atoms with E-state index in [4.69, 9.17) is 0 Å². The third-order valence-electron chi connectivity index (χ3n) is 1.67. The lowest BCUT2D eigenvalue weighted by atomic mass is 9.95. The number of hydrogen-bond donors (Lipinski definition) is 1. The molecule has 1 aliphatic heterocycles. The number of rotatable bonds is 1. The van der Waals surface area contributed by atoms with Crippen molar-refractivity contribution in [3.63, 3.8) is 0 Å². The van der Waals surface area contributed by atoms with Crippen LogP contribution in [0.5, 0.6) is 0 Å². The van der Waals surface area contributed by atoms with Crippen molar-refractivity contribution < 1.29 is 0 Å². The summed E-state index contributed by atoms with van der Waals surface area (Å²) in [4.78, 5) is 0. The molecular weight excluding hydrogens is 86.1 g/mol. The zero-order valence-electron chi connectivity index (χ0n) is 5.07. The van der Waals surface area contributed by atoms with Gasteiger partial charge in [0.15, 0.2) is 0 Å². The van der Waals surface area contributed by atoms with Crippen molar-refractivity contribution in [1.29, 1.82) is 0 Å². The molecule has 1 N–H and O–H groups in total. The van der Waals surface area contributed by atoms with Crippen LogP contribution in [-0.4, -0.2) is 12.6 Å². The van der Waals surface area contributed by atoms with E-state index in [1.165, 1.54) is 13.0 Å². The maximum Gasteiger partial charge on any atom is 0.0102 e. The van der Waals surface area contributed by atoms with Crippen molar-refractivity contribution in [2.75, 3.05) is 6.54 Å². The Kier molecular flexibility index (Phi) is 1.33. The number of hydrogen-bond acceptors (Lipinski definition) is 1. The average Bonchev–Trinajstić information content (AvgIpc) is 1.23. The monoisotopic (exact) mass is 99.1 g/mol. The van der Waals surface area contributed by atoms with Crippen LogP contribution in [0.15, 0.2) is 0 Å². The molecule has 1 heterocycles. The third-order valence-corrected chi connectivity index (χ3v) is 1.67. The predicted octanol–water partition coefficient (Wildman–Crippen LogP) is 1.00. The van der Waals surface area contributed by atoms with Crippen molar-refractivity contribution in [3.05, 3.63) is 0 Å². The lowest BCUT2D eigenvalue weighted by molar-refractivity contribution is 0.291. The fourth-order valence-electron chi connectivity index (χ4n) is 0.880. The van der Waals surface area contributed by atoms with E-state index in [-0.39, 0.29) is 0 Å². The molecule has 1 unspecified atom stereocenters. The summed E-state index contributed by atoms with van der Waals surface area (Å²) in [6.07, 6.45) is 1.39. The first-order chi connectivity index (χ1) is 3.30. The van der Waals surface area contributed by atoms with E-state index >= 15 is 0 Å². The molecule has 42 valence electrons. The van der Waals surface area contributed by atoms with Gasteiger partial charge in [-0.2, -0.15) is 0 Å². The van der Waals surface area contributed by atoms with E-state index in [0.29, 0.717) is 0 Å². The second-order valence-electron chi connectivity index (χ2n) is 2.59. The van der Waals surface area contributed by atoms with Crippen molar-refractivity contribution in [2.45, 2.75) is 26.3 Å². The molecule has 0 aromatic heterocycles. The van der Waals surface area contributed by atoms with Gasteiger partial charge in [0.05, 0.1) is 0 Å². The molecule has 1 fully saturated rings. The molecule has 1 aliphatic rings. The summed E-state index contributed by atoms with van der Waals surface area (Å²) in [7, 11) is 0. The van der Waals surface area contributed by atoms with Gasteiger partial charge in [-0.3, -0.25) is 0 Å². The molecule has 0 radical (unpaired) electrons. The van der Waals surface area contributed by atoms with Gasteiger partial charge in [-0.1, -0.05) is 13.8 Å². The molecule has 1 atom stereocenters. The largest absolute Gasteiger partial charge is 0.314 e. The highest BCUT2D eigenvalue weighted by Gasteiger charge is 2.18. The molecule has 0 aromatic carbocycles. The van der Waals surface area contributed by atoms with Crippen molar-refractivity contribution in [1.82, 2.24) is 5.32 Å². The first kappa shape index (κ1) is 5.10. The molecule has 0 aromatic rings. The molecule has 7 heavy (non-hydrogen) atoms. The first-order valence-electron chi connectivity index (χ1n) is 3.04. The quantitative estimate of drug-likeness (QED) is 0.517. The molecule has 1 nitrogen and oxygen atoms in total. The van der Waals surface area contributed by atoms with Gasteiger partial charge in [0, 0.05) is 6.04 Å². The van der Waals surface area contributed by atoms with Crippen LogP contribution in [0.25, 0.3) is 0 Å². The summed E-state index contributed by atoms with van der Waals surface area (Å²) in [6, 6.07) is 0.833. The molecule has 0 bridgehead atoms. The lowest BCUT2D eigenvalue weighted by Gasteiger charge is -2.30. The molecule has 0 amide bonds. The Labute approximate surface area is 45.1 Å². The summed E-state index contributed by atoms with van der Waals surface area (Å²) < 4.78 is 0. The molecule has 1 rings (SSSR count). The van der Waals surface area contributed by atoms with Crippen molar-refractivity contribution in [2.24, 2.45) is 5.92 Å². The minimum Gasteiger partial charge on any atom is -0.314 e. The van der Waals surface area contributed by atoms with Crippen LogP contribution in [0, 0.1) is 5.92 Å². The second-order valence-corrected chi connectivity index (χ2v) is 2.59. The van der Waals surface area contributed by atoms with E-state index in [1.807, 2.05) is 0 Å². The van der Waals surface area contributed by atoms with Gasteiger partial charge in [0.1, 0.15) is 0 Å². The second kappa shape index (κ2) is 1.83. The molecular formula is C6H13N. The van der Waals surface area contributed by atoms with Crippen LogP contribution in [0.1, 0.15) is 20.3 Å². The standard InChI is InChI=1S/C6H13N/c1-5(2)6-3-4-7-6/h5-7H,3-4H2,1-2H3. The van der Waals surface area contributed by atoms with Crippen LogP contribution in [0.4, 0.5) is 0 Å². The highest BCUT2D eigenvalue weighted by molar-refractivity contribution is 4.79. The molecule has 0 saturated carbocycles.